The SMILES string of the molecule is COc1ccc(CN2Cc3ccc4c5ccc6c7c(ccc(c8ccc(c3c48)C2=O)c75)CN(Cc2ccc(C)cc2)C6=O)cc1. The molecule has 2 aliphatic rings. The van der Waals surface area contributed by atoms with Gasteiger partial charge in [-0.15, -0.1) is 0 Å². The van der Waals surface area contributed by atoms with Crippen molar-refractivity contribution >= 4 is 54.9 Å². The molecule has 7 aromatic carbocycles. The summed E-state index contributed by atoms with van der Waals surface area (Å²) in [6.07, 6.45) is 0. The number of ether oxygens (including phenoxy) is 1. The average molecular weight is 587 g/mol. The predicted molar refractivity (Wildman–Crippen MR) is 179 cm³/mol. The number of fused-ring (bicyclic) bond motifs is 2. The van der Waals surface area contributed by atoms with E-state index in [9.17, 15) is 9.59 Å². The maximum absolute atomic E-state index is 13.9. The standard InChI is InChI=1S/C40H30N2O3/c1-23-3-5-24(6-4-23)19-41-21-26-9-13-29-32-16-18-34-36-27(22-42(40(34)44)20-25-7-11-28(45-2)12-8-25)10-14-30(38(32)36)31-15-17-33(39(41)43)35(26)37(29)31/h3-18H,19-22H2,1-2H3. The van der Waals surface area contributed by atoms with Crippen LogP contribution in [-0.4, -0.2) is 28.7 Å². The maximum Gasteiger partial charge on any atom is 0.255 e. The number of carbonyl (C=O) groups is 2. The van der Waals surface area contributed by atoms with Crippen LogP contribution in [-0.2, 0) is 26.2 Å². The topological polar surface area (TPSA) is 49.9 Å². The van der Waals surface area contributed by atoms with Crippen molar-refractivity contribution in [3.8, 4) is 5.75 Å². The Hall–Kier alpha value is -5.42. The Morgan fingerprint density at radius 3 is 1.40 bits per heavy atom. The molecule has 0 aromatic heterocycles. The molecule has 0 bridgehead atoms. The van der Waals surface area contributed by atoms with Crippen molar-refractivity contribution in [2.75, 3.05) is 7.11 Å². The van der Waals surface area contributed by atoms with Crippen molar-refractivity contribution < 1.29 is 14.3 Å². The third-order valence-electron chi connectivity index (χ3n) is 9.86. The molecular weight excluding hydrogens is 556 g/mol. The van der Waals surface area contributed by atoms with E-state index in [1.165, 1.54) is 11.1 Å². The normalized spacial score (nSPS) is 14.4. The number of benzene rings is 7. The lowest BCUT2D eigenvalue weighted by Crippen LogP contribution is -2.33. The van der Waals surface area contributed by atoms with E-state index in [2.05, 4.69) is 67.6 Å². The first kappa shape index (κ1) is 26.0. The monoisotopic (exact) mass is 586 g/mol. The fourth-order valence-corrected chi connectivity index (χ4v) is 7.67. The van der Waals surface area contributed by atoms with Crippen molar-refractivity contribution in [1.29, 1.82) is 0 Å². The third kappa shape index (κ3) is 3.80. The molecule has 5 nitrogen and oxygen atoms in total. The molecule has 0 unspecified atom stereocenters. The molecule has 2 amide bonds. The van der Waals surface area contributed by atoms with Crippen LogP contribution in [0.5, 0.6) is 5.75 Å². The van der Waals surface area contributed by atoms with Gasteiger partial charge in [-0.1, -0.05) is 78.4 Å². The molecule has 0 aliphatic carbocycles. The third-order valence-corrected chi connectivity index (χ3v) is 9.86. The van der Waals surface area contributed by atoms with Crippen molar-refractivity contribution in [3.05, 3.63) is 136 Å². The minimum absolute atomic E-state index is 0.0531. The molecule has 218 valence electrons. The van der Waals surface area contributed by atoms with Crippen LogP contribution in [0.15, 0.2) is 97.1 Å². The predicted octanol–water partition coefficient (Wildman–Crippen LogP) is 8.37. The van der Waals surface area contributed by atoms with Crippen LogP contribution in [0.2, 0.25) is 0 Å². The highest BCUT2D eigenvalue weighted by Gasteiger charge is 2.31. The van der Waals surface area contributed by atoms with Gasteiger partial charge in [0, 0.05) is 48.1 Å². The molecule has 45 heavy (non-hydrogen) atoms. The number of nitrogens with zero attached hydrogens (tertiary/aromatic N) is 2. The Balaban J connectivity index is 1.16. The largest absolute Gasteiger partial charge is 0.497 e. The number of methoxy groups -OCH3 is 1. The van der Waals surface area contributed by atoms with Crippen molar-refractivity contribution in [3.63, 3.8) is 0 Å². The lowest BCUT2D eigenvalue weighted by atomic mass is 9.82. The van der Waals surface area contributed by atoms with E-state index in [-0.39, 0.29) is 11.8 Å². The van der Waals surface area contributed by atoms with E-state index in [1.807, 2.05) is 46.2 Å². The highest BCUT2D eigenvalue weighted by atomic mass is 16.5. The van der Waals surface area contributed by atoms with Gasteiger partial charge < -0.3 is 14.5 Å². The zero-order chi connectivity index (χ0) is 30.4. The quantitative estimate of drug-likeness (QED) is 0.150. The van der Waals surface area contributed by atoms with E-state index in [1.54, 1.807) is 7.11 Å². The summed E-state index contributed by atoms with van der Waals surface area (Å²) in [5, 5.41) is 8.94. The Morgan fingerprint density at radius 2 is 0.956 bits per heavy atom. The van der Waals surface area contributed by atoms with Crippen LogP contribution in [0, 0.1) is 6.92 Å². The summed E-state index contributed by atoms with van der Waals surface area (Å²) < 4.78 is 5.31. The summed E-state index contributed by atoms with van der Waals surface area (Å²) >= 11 is 0. The summed E-state index contributed by atoms with van der Waals surface area (Å²) in [5.41, 5.74) is 7.27. The fourth-order valence-electron chi connectivity index (χ4n) is 7.67. The van der Waals surface area contributed by atoms with E-state index in [0.717, 1.165) is 76.7 Å². The molecule has 0 atom stereocenters. The first-order valence-electron chi connectivity index (χ1n) is 15.4. The number of hydrogen-bond donors (Lipinski definition) is 0. The molecule has 9 rings (SSSR count). The molecule has 7 aromatic rings. The second-order valence-corrected chi connectivity index (χ2v) is 12.5. The Labute approximate surface area is 260 Å². The zero-order valence-corrected chi connectivity index (χ0v) is 25.2. The van der Waals surface area contributed by atoms with Gasteiger partial charge in [0.2, 0.25) is 0 Å². The Bertz CT molecular complexity index is 2340. The number of rotatable bonds is 5. The fraction of sp³-hybridized carbons (Fsp3) is 0.150. The van der Waals surface area contributed by atoms with Gasteiger partial charge >= 0.3 is 0 Å². The second-order valence-electron chi connectivity index (χ2n) is 12.5. The van der Waals surface area contributed by atoms with Gasteiger partial charge in [0.25, 0.3) is 11.8 Å². The Kier molecular flexibility index (Phi) is 5.52. The first-order valence-corrected chi connectivity index (χ1v) is 15.4. The summed E-state index contributed by atoms with van der Waals surface area (Å²) in [5.74, 6) is 0.931. The van der Waals surface area contributed by atoms with Gasteiger partial charge in [0.1, 0.15) is 5.75 Å². The van der Waals surface area contributed by atoms with Crippen molar-refractivity contribution in [2.45, 2.75) is 33.1 Å². The van der Waals surface area contributed by atoms with Gasteiger partial charge in [0.15, 0.2) is 0 Å². The molecule has 0 saturated carbocycles. The van der Waals surface area contributed by atoms with Crippen LogP contribution in [0.4, 0.5) is 0 Å². The molecule has 0 fully saturated rings. The van der Waals surface area contributed by atoms with Gasteiger partial charge in [-0.05, 0) is 85.8 Å². The number of carbonyl (C=O) groups excluding carboxylic acids is 2. The maximum atomic E-state index is 13.9. The minimum Gasteiger partial charge on any atom is -0.497 e. The van der Waals surface area contributed by atoms with E-state index in [0.29, 0.717) is 26.2 Å². The number of amides is 2. The van der Waals surface area contributed by atoms with Crippen LogP contribution < -0.4 is 4.74 Å². The number of hydrogen-bond acceptors (Lipinski definition) is 3. The van der Waals surface area contributed by atoms with E-state index >= 15 is 0 Å². The molecule has 2 aliphatic heterocycles. The molecular formula is C40H30N2O3. The van der Waals surface area contributed by atoms with Crippen LogP contribution in [0.3, 0.4) is 0 Å². The lowest BCUT2D eigenvalue weighted by Gasteiger charge is -2.32. The highest BCUT2D eigenvalue weighted by molar-refractivity contribution is 6.36. The van der Waals surface area contributed by atoms with Gasteiger partial charge in [0.05, 0.1) is 7.11 Å². The molecule has 0 N–H and O–H groups in total. The smallest absolute Gasteiger partial charge is 0.255 e. The second kappa shape index (κ2) is 9.54. The molecule has 0 spiro atoms. The average Bonchev–Trinajstić information content (AvgIpc) is 3.07. The zero-order valence-electron chi connectivity index (χ0n) is 25.2. The summed E-state index contributed by atoms with van der Waals surface area (Å²) in [6.45, 7) is 4.34. The number of aryl methyl sites for hydroxylation is 1. The summed E-state index contributed by atoms with van der Waals surface area (Å²) in [4.78, 5) is 31.7. The minimum atomic E-state index is 0.0531. The van der Waals surface area contributed by atoms with Gasteiger partial charge in [-0.25, -0.2) is 0 Å². The van der Waals surface area contributed by atoms with Crippen LogP contribution in [0.1, 0.15) is 48.5 Å². The van der Waals surface area contributed by atoms with Crippen LogP contribution in [0.25, 0.3) is 43.1 Å². The molecule has 0 saturated heterocycles. The highest BCUT2D eigenvalue weighted by Crippen LogP contribution is 2.46. The molecule has 2 heterocycles. The summed E-state index contributed by atoms with van der Waals surface area (Å²) in [6, 6.07) is 33.4. The van der Waals surface area contributed by atoms with Gasteiger partial charge in [-0.3, -0.25) is 9.59 Å². The van der Waals surface area contributed by atoms with E-state index < -0.39 is 0 Å². The molecule has 5 heteroatoms. The molecule has 0 radical (unpaired) electrons. The Morgan fingerprint density at radius 1 is 0.533 bits per heavy atom. The van der Waals surface area contributed by atoms with E-state index in [4.69, 9.17) is 4.74 Å². The lowest BCUT2D eigenvalue weighted by molar-refractivity contribution is 0.0718. The first-order chi connectivity index (χ1) is 22.0. The van der Waals surface area contributed by atoms with Crippen LogP contribution >= 0.6 is 0 Å². The summed E-state index contributed by atoms with van der Waals surface area (Å²) in [7, 11) is 1.66. The van der Waals surface area contributed by atoms with Crippen molar-refractivity contribution in [1.82, 2.24) is 9.80 Å². The van der Waals surface area contributed by atoms with Crippen molar-refractivity contribution in [2.24, 2.45) is 0 Å². The van der Waals surface area contributed by atoms with Gasteiger partial charge in [-0.2, -0.15) is 0 Å².